The third-order valence-electron chi connectivity index (χ3n) is 4.50. The Bertz CT molecular complexity index is 875. The second-order valence-corrected chi connectivity index (χ2v) is 7.12. The molecule has 0 saturated carbocycles. The SMILES string of the molecule is CN1CCN(n2c(-c3ccccc3)csc2=Nc2ccccc2)CC1. The molecule has 4 nitrogen and oxygen atoms in total. The molecule has 0 amide bonds. The Morgan fingerprint density at radius 1 is 0.840 bits per heavy atom. The molecule has 25 heavy (non-hydrogen) atoms. The summed E-state index contributed by atoms with van der Waals surface area (Å²) in [5.41, 5.74) is 3.43. The van der Waals surface area contributed by atoms with Crippen LogP contribution in [0.2, 0.25) is 0 Å². The van der Waals surface area contributed by atoms with E-state index in [1.807, 2.05) is 18.2 Å². The molecular formula is C20H22N4S. The second kappa shape index (κ2) is 7.25. The monoisotopic (exact) mass is 350 g/mol. The Kier molecular flexibility index (Phi) is 4.68. The maximum Gasteiger partial charge on any atom is 0.209 e. The fourth-order valence-electron chi connectivity index (χ4n) is 3.07. The maximum absolute atomic E-state index is 4.91. The van der Waals surface area contributed by atoms with Crippen LogP contribution >= 0.6 is 11.3 Å². The van der Waals surface area contributed by atoms with Crippen molar-refractivity contribution in [1.29, 1.82) is 0 Å². The van der Waals surface area contributed by atoms with E-state index < -0.39 is 0 Å². The van der Waals surface area contributed by atoms with Gasteiger partial charge >= 0.3 is 0 Å². The van der Waals surface area contributed by atoms with Crippen molar-refractivity contribution in [3.63, 3.8) is 0 Å². The van der Waals surface area contributed by atoms with Crippen LogP contribution in [-0.4, -0.2) is 42.8 Å². The normalized spacial score (nSPS) is 16.4. The van der Waals surface area contributed by atoms with Crippen molar-refractivity contribution >= 4 is 17.0 Å². The first kappa shape index (κ1) is 16.1. The zero-order chi connectivity index (χ0) is 17.1. The van der Waals surface area contributed by atoms with Gasteiger partial charge in [0.25, 0.3) is 0 Å². The lowest BCUT2D eigenvalue weighted by molar-refractivity contribution is 0.287. The van der Waals surface area contributed by atoms with E-state index in [9.17, 15) is 0 Å². The number of para-hydroxylation sites is 1. The van der Waals surface area contributed by atoms with Gasteiger partial charge in [0.2, 0.25) is 4.80 Å². The summed E-state index contributed by atoms with van der Waals surface area (Å²) >= 11 is 1.70. The Balaban J connectivity index is 1.82. The molecule has 2 aromatic carbocycles. The first-order valence-corrected chi connectivity index (χ1v) is 9.49. The number of piperazine rings is 1. The van der Waals surface area contributed by atoms with Gasteiger partial charge in [0.1, 0.15) is 0 Å². The number of likely N-dealkylation sites (N-methyl/N-ethyl adjacent to an activating group) is 1. The zero-order valence-corrected chi connectivity index (χ0v) is 15.2. The van der Waals surface area contributed by atoms with Gasteiger partial charge in [-0.15, -0.1) is 11.3 Å². The number of benzene rings is 2. The van der Waals surface area contributed by atoms with Gasteiger partial charge in [0.15, 0.2) is 0 Å². The lowest BCUT2D eigenvalue weighted by atomic mass is 10.2. The van der Waals surface area contributed by atoms with Crippen LogP contribution in [0.5, 0.6) is 0 Å². The van der Waals surface area contributed by atoms with E-state index in [0.717, 1.165) is 36.7 Å². The average Bonchev–Trinajstić information content (AvgIpc) is 3.07. The molecule has 4 rings (SSSR count). The molecule has 0 bridgehead atoms. The van der Waals surface area contributed by atoms with Crippen molar-refractivity contribution < 1.29 is 0 Å². The van der Waals surface area contributed by atoms with E-state index in [1.54, 1.807) is 11.3 Å². The van der Waals surface area contributed by atoms with Gasteiger partial charge < -0.3 is 9.91 Å². The van der Waals surface area contributed by atoms with E-state index in [2.05, 4.69) is 69.5 Å². The van der Waals surface area contributed by atoms with Crippen LogP contribution in [0.15, 0.2) is 71.0 Å². The molecule has 1 aliphatic heterocycles. The summed E-state index contributed by atoms with van der Waals surface area (Å²) < 4.78 is 2.31. The molecule has 5 heteroatoms. The summed E-state index contributed by atoms with van der Waals surface area (Å²) in [4.78, 5) is 8.31. The smallest absolute Gasteiger partial charge is 0.209 e. The Hall–Kier alpha value is -2.37. The van der Waals surface area contributed by atoms with Crippen molar-refractivity contribution in [3.05, 3.63) is 70.8 Å². The van der Waals surface area contributed by atoms with Gasteiger partial charge in [-0.05, 0) is 19.2 Å². The summed E-state index contributed by atoms with van der Waals surface area (Å²) in [7, 11) is 2.18. The molecule has 128 valence electrons. The Morgan fingerprint density at radius 3 is 2.16 bits per heavy atom. The minimum absolute atomic E-state index is 0.992. The molecule has 1 aromatic heterocycles. The summed E-state index contributed by atoms with van der Waals surface area (Å²) in [5, 5.41) is 4.63. The highest BCUT2D eigenvalue weighted by Gasteiger charge is 2.19. The number of hydrogen-bond donors (Lipinski definition) is 0. The standard InChI is InChI=1S/C20H22N4S/c1-22-12-14-23(15-13-22)24-19(17-8-4-2-5-9-17)16-25-20(24)21-18-10-6-3-7-11-18/h2-11,16H,12-15H2,1H3. The lowest BCUT2D eigenvalue weighted by Gasteiger charge is -2.35. The topological polar surface area (TPSA) is 23.8 Å². The highest BCUT2D eigenvalue weighted by molar-refractivity contribution is 7.07. The van der Waals surface area contributed by atoms with Crippen LogP contribution in [0.1, 0.15) is 0 Å². The van der Waals surface area contributed by atoms with Gasteiger partial charge in [-0.3, -0.25) is 0 Å². The maximum atomic E-state index is 4.91. The number of nitrogens with zero attached hydrogens (tertiary/aromatic N) is 4. The van der Waals surface area contributed by atoms with Crippen LogP contribution in [0.3, 0.4) is 0 Å². The molecular weight excluding hydrogens is 328 g/mol. The number of aromatic nitrogens is 1. The average molecular weight is 350 g/mol. The van der Waals surface area contributed by atoms with Crippen molar-refractivity contribution in [2.75, 3.05) is 38.2 Å². The highest BCUT2D eigenvalue weighted by Crippen LogP contribution is 2.21. The minimum Gasteiger partial charge on any atom is -0.308 e. The molecule has 0 N–H and O–H groups in total. The molecule has 1 saturated heterocycles. The predicted molar refractivity (Wildman–Crippen MR) is 105 cm³/mol. The first-order valence-electron chi connectivity index (χ1n) is 8.61. The van der Waals surface area contributed by atoms with Crippen LogP contribution in [0, 0.1) is 0 Å². The van der Waals surface area contributed by atoms with Gasteiger partial charge in [-0.25, -0.2) is 9.67 Å². The van der Waals surface area contributed by atoms with Crippen molar-refractivity contribution in [2.24, 2.45) is 4.99 Å². The summed E-state index contributed by atoms with van der Waals surface area (Å²) in [6, 6.07) is 20.8. The summed E-state index contributed by atoms with van der Waals surface area (Å²) in [5.74, 6) is 0. The highest BCUT2D eigenvalue weighted by atomic mass is 32.1. The fourth-order valence-corrected chi connectivity index (χ4v) is 3.99. The number of hydrogen-bond acceptors (Lipinski definition) is 4. The van der Waals surface area contributed by atoms with E-state index >= 15 is 0 Å². The third-order valence-corrected chi connectivity index (χ3v) is 5.31. The molecule has 3 aromatic rings. The van der Waals surface area contributed by atoms with Crippen molar-refractivity contribution in [3.8, 4) is 11.3 Å². The van der Waals surface area contributed by atoms with E-state index in [4.69, 9.17) is 4.99 Å². The Morgan fingerprint density at radius 2 is 1.48 bits per heavy atom. The quantitative estimate of drug-likeness (QED) is 0.723. The van der Waals surface area contributed by atoms with Crippen LogP contribution in [0.25, 0.3) is 11.3 Å². The predicted octanol–water partition coefficient (Wildman–Crippen LogP) is 3.33. The largest absolute Gasteiger partial charge is 0.308 e. The summed E-state index contributed by atoms with van der Waals surface area (Å²) in [6.07, 6.45) is 0. The lowest BCUT2D eigenvalue weighted by Crippen LogP contribution is -2.52. The first-order chi connectivity index (χ1) is 12.3. The zero-order valence-electron chi connectivity index (χ0n) is 14.4. The summed E-state index contributed by atoms with van der Waals surface area (Å²) in [6.45, 7) is 4.16. The van der Waals surface area contributed by atoms with Gasteiger partial charge in [0.05, 0.1) is 11.4 Å². The molecule has 2 heterocycles. The second-order valence-electron chi connectivity index (χ2n) is 6.29. The molecule has 1 fully saturated rings. The molecule has 0 aliphatic carbocycles. The Labute approximate surface area is 152 Å². The molecule has 1 aliphatic rings. The minimum atomic E-state index is 0.992. The molecule has 0 atom stereocenters. The van der Waals surface area contributed by atoms with Crippen molar-refractivity contribution in [1.82, 2.24) is 9.58 Å². The van der Waals surface area contributed by atoms with Gasteiger partial charge in [0, 0.05) is 37.1 Å². The number of thiazole rings is 1. The molecule has 0 radical (unpaired) electrons. The van der Waals surface area contributed by atoms with Crippen molar-refractivity contribution in [2.45, 2.75) is 0 Å². The van der Waals surface area contributed by atoms with Crippen LogP contribution in [0.4, 0.5) is 5.69 Å². The third kappa shape index (κ3) is 3.52. The van der Waals surface area contributed by atoms with Crippen LogP contribution in [-0.2, 0) is 0 Å². The number of rotatable bonds is 3. The van der Waals surface area contributed by atoms with Gasteiger partial charge in [-0.1, -0.05) is 48.5 Å². The fraction of sp³-hybridized carbons (Fsp3) is 0.250. The van der Waals surface area contributed by atoms with Gasteiger partial charge in [-0.2, -0.15) is 0 Å². The molecule has 0 unspecified atom stereocenters. The molecule has 0 spiro atoms. The van der Waals surface area contributed by atoms with E-state index in [-0.39, 0.29) is 0 Å². The van der Waals surface area contributed by atoms with E-state index in [0.29, 0.717) is 0 Å². The van der Waals surface area contributed by atoms with E-state index in [1.165, 1.54) is 11.3 Å². The van der Waals surface area contributed by atoms with Crippen LogP contribution < -0.4 is 9.81 Å².